The van der Waals surface area contributed by atoms with Crippen molar-refractivity contribution >= 4 is 0 Å². The third kappa shape index (κ3) is 4.61. The second kappa shape index (κ2) is 6.78. The fourth-order valence-corrected chi connectivity index (χ4v) is 1.63. The maximum atomic E-state index is 8.89. The van der Waals surface area contributed by atoms with E-state index in [1.165, 1.54) is 0 Å². The molecular weight excluding hydrogens is 190 g/mol. The fraction of sp³-hybridized carbons (Fsp3) is 0.909. The molecule has 15 heavy (non-hydrogen) atoms. The average molecular weight is 211 g/mol. The minimum absolute atomic E-state index is 0.0222. The van der Waals surface area contributed by atoms with Gasteiger partial charge in [-0.2, -0.15) is 5.26 Å². The zero-order chi connectivity index (χ0) is 11.1. The Kier molecular flexibility index (Phi) is 5.62. The monoisotopic (exact) mass is 211 g/mol. The summed E-state index contributed by atoms with van der Waals surface area (Å²) in [6.07, 6.45) is 0. The molecule has 4 nitrogen and oxygen atoms in total. The van der Waals surface area contributed by atoms with Crippen LogP contribution in [0.2, 0.25) is 0 Å². The Bertz CT molecular complexity index is 206. The summed E-state index contributed by atoms with van der Waals surface area (Å²) in [4.78, 5) is 2.37. The first-order valence-electron chi connectivity index (χ1n) is 5.67. The molecule has 4 heteroatoms. The highest BCUT2D eigenvalue weighted by molar-refractivity contribution is 4.91. The van der Waals surface area contributed by atoms with Crippen LogP contribution in [0.1, 0.15) is 13.8 Å². The van der Waals surface area contributed by atoms with Crippen molar-refractivity contribution in [1.82, 2.24) is 10.2 Å². The van der Waals surface area contributed by atoms with Gasteiger partial charge >= 0.3 is 0 Å². The van der Waals surface area contributed by atoms with Gasteiger partial charge in [-0.05, 0) is 5.92 Å². The van der Waals surface area contributed by atoms with Crippen LogP contribution >= 0.6 is 0 Å². The highest BCUT2D eigenvalue weighted by Crippen LogP contribution is 2.00. The number of hydrogen-bond acceptors (Lipinski definition) is 4. The van der Waals surface area contributed by atoms with Crippen molar-refractivity contribution in [1.29, 1.82) is 5.26 Å². The number of nitrogens with one attached hydrogen (secondary N) is 1. The van der Waals surface area contributed by atoms with Gasteiger partial charge < -0.3 is 10.1 Å². The zero-order valence-electron chi connectivity index (χ0n) is 9.70. The van der Waals surface area contributed by atoms with Crippen LogP contribution in [0.25, 0.3) is 0 Å². The first kappa shape index (κ1) is 12.4. The first-order chi connectivity index (χ1) is 7.24. The predicted octanol–water partition coefficient (Wildman–Crippen LogP) is 0.456. The lowest BCUT2D eigenvalue weighted by atomic mass is 10.1. The van der Waals surface area contributed by atoms with E-state index in [4.69, 9.17) is 10.00 Å². The standard InChI is InChI=1S/C11H21N3O/c1-10(2)11(9-12)13-3-4-14-5-7-15-8-6-14/h10-11,13H,3-8H2,1-2H3. The normalized spacial score (nSPS) is 20.1. The van der Waals surface area contributed by atoms with E-state index < -0.39 is 0 Å². The largest absolute Gasteiger partial charge is 0.379 e. The van der Waals surface area contributed by atoms with E-state index in [-0.39, 0.29) is 6.04 Å². The molecular formula is C11H21N3O. The molecule has 1 aliphatic rings. The van der Waals surface area contributed by atoms with Gasteiger partial charge in [0.25, 0.3) is 0 Å². The summed E-state index contributed by atoms with van der Waals surface area (Å²) in [7, 11) is 0. The van der Waals surface area contributed by atoms with E-state index in [1.807, 2.05) is 0 Å². The molecule has 1 saturated heterocycles. The average Bonchev–Trinajstić information content (AvgIpc) is 2.25. The summed E-state index contributed by atoms with van der Waals surface area (Å²) >= 11 is 0. The summed E-state index contributed by atoms with van der Waals surface area (Å²) < 4.78 is 5.27. The van der Waals surface area contributed by atoms with Gasteiger partial charge in [-0.25, -0.2) is 0 Å². The summed E-state index contributed by atoms with van der Waals surface area (Å²) in [5, 5.41) is 12.2. The van der Waals surface area contributed by atoms with Crippen LogP contribution in [0.5, 0.6) is 0 Å². The Morgan fingerprint density at radius 1 is 1.40 bits per heavy atom. The van der Waals surface area contributed by atoms with Gasteiger partial charge in [0.2, 0.25) is 0 Å². The molecule has 0 aromatic heterocycles. The topological polar surface area (TPSA) is 48.3 Å². The number of rotatable bonds is 5. The molecule has 86 valence electrons. The van der Waals surface area contributed by atoms with Gasteiger partial charge in [-0.15, -0.1) is 0 Å². The van der Waals surface area contributed by atoms with E-state index in [1.54, 1.807) is 0 Å². The van der Waals surface area contributed by atoms with E-state index in [0.29, 0.717) is 5.92 Å². The maximum Gasteiger partial charge on any atom is 0.0976 e. The van der Waals surface area contributed by atoms with Crippen LogP contribution in [-0.4, -0.2) is 50.3 Å². The van der Waals surface area contributed by atoms with E-state index in [0.717, 1.165) is 39.4 Å². The molecule has 1 rings (SSSR count). The number of morpholine rings is 1. The van der Waals surface area contributed by atoms with Crippen molar-refractivity contribution in [2.24, 2.45) is 5.92 Å². The number of ether oxygens (including phenoxy) is 1. The Hall–Kier alpha value is -0.630. The van der Waals surface area contributed by atoms with E-state index in [9.17, 15) is 0 Å². The number of hydrogen-bond donors (Lipinski definition) is 1. The summed E-state index contributed by atoms with van der Waals surface area (Å²) in [6.45, 7) is 9.73. The van der Waals surface area contributed by atoms with Crippen LogP contribution in [0.3, 0.4) is 0 Å². The molecule has 1 atom stereocenters. The van der Waals surface area contributed by atoms with Crippen molar-refractivity contribution in [2.75, 3.05) is 39.4 Å². The van der Waals surface area contributed by atoms with Crippen molar-refractivity contribution in [3.05, 3.63) is 0 Å². The number of nitriles is 1. The second-order valence-electron chi connectivity index (χ2n) is 4.26. The number of nitrogens with zero attached hydrogens (tertiary/aromatic N) is 2. The third-order valence-electron chi connectivity index (χ3n) is 2.70. The van der Waals surface area contributed by atoms with Crippen LogP contribution in [0, 0.1) is 17.2 Å². The van der Waals surface area contributed by atoms with Crippen molar-refractivity contribution < 1.29 is 4.74 Å². The molecule has 0 aliphatic carbocycles. The molecule has 1 N–H and O–H groups in total. The highest BCUT2D eigenvalue weighted by Gasteiger charge is 2.13. The Balaban J connectivity index is 2.11. The van der Waals surface area contributed by atoms with Crippen molar-refractivity contribution in [2.45, 2.75) is 19.9 Å². The summed E-state index contributed by atoms with van der Waals surface area (Å²) in [6, 6.07) is 2.26. The van der Waals surface area contributed by atoms with Gasteiger partial charge in [0.15, 0.2) is 0 Å². The second-order valence-corrected chi connectivity index (χ2v) is 4.26. The quantitative estimate of drug-likeness (QED) is 0.717. The van der Waals surface area contributed by atoms with Crippen LogP contribution in [0.4, 0.5) is 0 Å². The van der Waals surface area contributed by atoms with E-state index >= 15 is 0 Å². The van der Waals surface area contributed by atoms with E-state index in [2.05, 4.69) is 30.1 Å². The Morgan fingerprint density at radius 2 is 2.07 bits per heavy atom. The fourth-order valence-electron chi connectivity index (χ4n) is 1.63. The van der Waals surface area contributed by atoms with Crippen LogP contribution < -0.4 is 5.32 Å². The Labute approximate surface area is 92.2 Å². The smallest absolute Gasteiger partial charge is 0.0976 e. The Morgan fingerprint density at radius 3 is 2.60 bits per heavy atom. The van der Waals surface area contributed by atoms with Gasteiger partial charge in [0.1, 0.15) is 0 Å². The minimum Gasteiger partial charge on any atom is -0.379 e. The molecule has 1 unspecified atom stereocenters. The van der Waals surface area contributed by atoms with Gasteiger partial charge in [-0.1, -0.05) is 13.8 Å². The minimum atomic E-state index is -0.0222. The zero-order valence-corrected chi connectivity index (χ0v) is 9.70. The molecule has 0 radical (unpaired) electrons. The molecule has 0 saturated carbocycles. The lowest BCUT2D eigenvalue weighted by Gasteiger charge is -2.27. The maximum absolute atomic E-state index is 8.89. The van der Waals surface area contributed by atoms with Crippen molar-refractivity contribution in [3.8, 4) is 6.07 Å². The molecule has 0 spiro atoms. The van der Waals surface area contributed by atoms with Crippen molar-refractivity contribution in [3.63, 3.8) is 0 Å². The van der Waals surface area contributed by atoms with Crippen LogP contribution in [-0.2, 0) is 4.74 Å². The molecule has 1 heterocycles. The molecule has 1 fully saturated rings. The SMILES string of the molecule is CC(C)C(C#N)NCCN1CCOCC1. The summed E-state index contributed by atoms with van der Waals surface area (Å²) in [5.74, 6) is 0.375. The molecule has 0 bridgehead atoms. The van der Waals surface area contributed by atoms with Crippen LogP contribution in [0.15, 0.2) is 0 Å². The van der Waals surface area contributed by atoms with Gasteiger partial charge in [0, 0.05) is 26.2 Å². The van der Waals surface area contributed by atoms with Gasteiger partial charge in [-0.3, -0.25) is 4.90 Å². The molecule has 0 aromatic rings. The lowest BCUT2D eigenvalue weighted by molar-refractivity contribution is 0.0381. The lowest BCUT2D eigenvalue weighted by Crippen LogP contribution is -2.43. The highest BCUT2D eigenvalue weighted by atomic mass is 16.5. The molecule has 0 amide bonds. The predicted molar refractivity (Wildman–Crippen MR) is 59.5 cm³/mol. The summed E-state index contributed by atoms with van der Waals surface area (Å²) in [5.41, 5.74) is 0. The third-order valence-corrected chi connectivity index (χ3v) is 2.70. The molecule has 0 aromatic carbocycles. The first-order valence-corrected chi connectivity index (χ1v) is 5.67. The van der Waals surface area contributed by atoms with Gasteiger partial charge in [0.05, 0.1) is 25.3 Å². The molecule has 1 aliphatic heterocycles.